The lowest BCUT2D eigenvalue weighted by Gasteiger charge is -2.03. The van der Waals surface area contributed by atoms with Crippen LogP contribution in [0, 0.1) is 5.92 Å². The second kappa shape index (κ2) is 4.09. The molecule has 0 saturated carbocycles. The monoisotopic (exact) mass is 241 g/mol. The molecule has 5 nitrogen and oxygen atoms in total. The topological polar surface area (TPSA) is 80.1 Å². The van der Waals surface area contributed by atoms with Crippen LogP contribution in [0.3, 0.4) is 0 Å². The zero-order chi connectivity index (χ0) is 11.7. The van der Waals surface area contributed by atoms with E-state index >= 15 is 0 Å². The smallest absolute Gasteiger partial charge is 0.372 e. The summed E-state index contributed by atoms with van der Waals surface area (Å²) in [5.74, 6) is -1.17. The first kappa shape index (κ1) is 10.9. The van der Waals surface area contributed by atoms with Crippen molar-refractivity contribution in [2.45, 2.75) is 12.8 Å². The van der Waals surface area contributed by atoms with Gasteiger partial charge in [0.15, 0.2) is 0 Å². The molecule has 1 N–H and O–H groups in total. The number of aromatic amines is 1. The van der Waals surface area contributed by atoms with Gasteiger partial charge in [0.05, 0.1) is 10.6 Å². The van der Waals surface area contributed by atoms with Gasteiger partial charge in [-0.15, -0.1) is 0 Å². The summed E-state index contributed by atoms with van der Waals surface area (Å²) in [6.45, 7) is 0. The zero-order valence-electron chi connectivity index (χ0n) is 8.16. The summed E-state index contributed by atoms with van der Waals surface area (Å²) < 4.78 is 4.39. The molecule has 1 aromatic heterocycles. The number of carbonyl (C=O) groups is 1. The minimum absolute atomic E-state index is 0.278. The zero-order valence-corrected chi connectivity index (χ0v) is 8.91. The summed E-state index contributed by atoms with van der Waals surface area (Å²) in [4.78, 5) is 35.7. The Kier molecular flexibility index (Phi) is 2.78. The van der Waals surface area contributed by atoms with E-state index < -0.39 is 16.6 Å². The molecule has 84 valence electrons. The molecule has 0 bridgehead atoms. The third kappa shape index (κ3) is 1.99. The fraction of sp³-hybridized carbons (Fsp3) is 0.300. The van der Waals surface area contributed by atoms with E-state index in [2.05, 4.69) is 9.40 Å². The SMILES string of the molecule is O=C(Cl)[C@@H]1CC=c2[nH]c(=O)oc(=O)c2=CC1. The first-order valence-corrected chi connectivity index (χ1v) is 5.09. The van der Waals surface area contributed by atoms with Crippen LogP contribution in [0.25, 0.3) is 12.2 Å². The molecule has 0 aromatic carbocycles. The predicted octanol–water partition coefficient (Wildman–Crippen LogP) is -0.935. The molecule has 0 aliphatic heterocycles. The standard InChI is InChI=1S/C10H8ClNO4/c11-8(13)5-1-3-6-7(4-2-5)12-10(15)16-9(6)14/h3-5H,1-2H2,(H,12,15)/t5-/m0/s1. The van der Waals surface area contributed by atoms with E-state index in [0.29, 0.717) is 18.2 Å². The van der Waals surface area contributed by atoms with Gasteiger partial charge in [-0.2, -0.15) is 0 Å². The molecule has 1 atom stereocenters. The molecule has 0 spiro atoms. The Labute approximate surface area is 94.0 Å². The lowest BCUT2D eigenvalue weighted by molar-refractivity contribution is -0.114. The van der Waals surface area contributed by atoms with Gasteiger partial charge in [0.2, 0.25) is 5.24 Å². The first-order chi connectivity index (χ1) is 7.58. The molecule has 0 radical (unpaired) electrons. The van der Waals surface area contributed by atoms with Crippen molar-refractivity contribution < 1.29 is 9.21 Å². The van der Waals surface area contributed by atoms with Crippen molar-refractivity contribution in [3.8, 4) is 0 Å². The maximum Gasteiger partial charge on any atom is 0.419 e. The molecule has 0 fully saturated rings. The van der Waals surface area contributed by atoms with Gasteiger partial charge in [-0.3, -0.25) is 9.78 Å². The summed E-state index contributed by atoms with van der Waals surface area (Å²) in [6.07, 6.45) is 3.93. The van der Waals surface area contributed by atoms with Crippen LogP contribution in [0.1, 0.15) is 12.8 Å². The Balaban J connectivity index is 2.66. The quantitative estimate of drug-likeness (QED) is 0.644. The van der Waals surface area contributed by atoms with E-state index in [9.17, 15) is 14.4 Å². The van der Waals surface area contributed by atoms with Gasteiger partial charge in [-0.1, -0.05) is 12.2 Å². The minimum atomic E-state index is -0.802. The van der Waals surface area contributed by atoms with E-state index in [1.165, 1.54) is 0 Å². The van der Waals surface area contributed by atoms with Crippen LogP contribution in [0.15, 0.2) is 14.0 Å². The molecule has 1 aromatic rings. The van der Waals surface area contributed by atoms with Crippen molar-refractivity contribution >= 4 is 29.0 Å². The number of halogens is 1. The second-order valence-corrected chi connectivity index (χ2v) is 3.88. The molecule has 16 heavy (non-hydrogen) atoms. The van der Waals surface area contributed by atoms with E-state index in [-0.39, 0.29) is 11.1 Å². The molecule has 1 aliphatic carbocycles. The molecule has 1 aliphatic rings. The van der Waals surface area contributed by atoms with Gasteiger partial charge in [-0.05, 0) is 24.4 Å². The highest BCUT2D eigenvalue weighted by Crippen LogP contribution is 2.14. The van der Waals surface area contributed by atoms with Crippen LogP contribution in [0.4, 0.5) is 0 Å². The van der Waals surface area contributed by atoms with Crippen molar-refractivity contribution in [1.29, 1.82) is 0 Å². The summed E-state index contributed by atoms with van der Waals surface area (Å²) >= 11 is 5.39. The Bertz CT molecular complexity index is 655. The Morgan fingerprint density at radius 2 is 2.06 bits per heavy atom. The van der Waals surface area contributed by atoms with Crippen molar-refractivity contribution in [2.24, 2.45) is 5.92 Å². The van der Waals surface area contributed by atoms with Crippen molar-refractivity contribution in [1.82, 2.24) is 4.98 Å². The van der Waals surface area contributed by atoms with Gasteiger partial charge >= 0.3 is 11.4 Å². The first-order valence-electron chi connectivity index (χ1n) is 4.71. The second-order valence-electron chi connectivity index (χ2n) is 3.51. The predicted molar refractivity (Wildman–Crippen MR) is 57.4 cm³/mol. The van der Waals surface area contributed by atoms with Crippen LogP contribution in [0.2, 0.25) is 0 Å². The maximum absolute atomic E-state index is 11.4. The van der Waals surface area contributed by atoms with Crippen molar-refractivity contribution in [3.63, 3.8) is 0 Å². The van der Waals surface area contributed by atoms with Gasteiger partial charge in [0.1, 0.15) is 0 Å². The van der Waals surface area contributed by atoms with Crippen LogP contribution in [0.5, 0.6) is 0 Å². The largest absolute Gasteiger partial charge is 0.419 e. The minimum Gasteiger partial charge on any atom is -0.372 e. The number of hydrogen-bond donors (Lipinski definition) is 1. The number of fused-ring (bicyclic) bond motifs is 1. The lowest BCUT2D eigenvalue weighted by Crippen LogP contribution is -2.44. The lowest BCUT2D eigenvalue weighted by atomic mass is 10.0. The fourth-order valence-corrected chi connectivity index (χ4v) is 1.79. The molecule has 0 unspecified atom stereocenters. The summed E-state index contributed by atoms with van der Waals surface area (Å²) in [5.41, 5.74) is -0.697. The molecule has 0 amide bonds. The third-order valence-electron chi connectivity index (χ3n) is 2.47. The molecule has 2 rings (SSSR count). The molecule has 6 heteroatoms. The van der Waals surface area contributed by atoms with E-state index in [1.807, 2.05) is 0 Å². The molecular weight excluding hydrogens is 234 g/mol. The summed E-state index contributed by atoms with van der Waals surface area (Å²) in [5, 5.41) is 0.216. The van der Waals surface area contributed by atoms with E-state index in [4.69, 9.17) is 11.6 Å². The Morgan fingerprint density at radius 1 is 1.38 bits per heavy atom. The van der Waals surface area contributed by atoms with Gasteiger partial charge in [-0.25, -0.2) is 9.59 Å². The van der Waals surface area contributed by atoms with Crippen LogP contribution < -0.4 is 21.9 Å². The van der Waals surface area contributed by atoms with Crippen molar-refractivity contribution in [2.75, 3.05) is 0 Å². The fourth-order valence-electron chi connectivity index (χ4n) is 1.61. The maximum atomic E-state index is 11.4. The Hall–Kier alpha value is -1.62. The van der Waals surface area contributed by atoms with Crippen LogP contribution in [-0.2, 0) is 4.79 Å². The number of aromatic nitrogens is 1. The molecule has 1 heterocycles. The Morgan fingerprint density at radius 3 is 2.75 bits per heavy atom. The highest BCUT2D eigenvalue weighted by molar-refractivity contribution is 6.64. The summed E-state index contributed by atoms with van der Waals surface area (Å²) in [6, 6.07) is 0. The van der Waals surface area contributed by atoms with Gasteiger partial charge in [0, 0.05) is 5.92 Å². The van der Waals surface area contributed by atoms with E-state index in [0.717, 1.165) is 0 Å². The van der Waals surface area contributed by atoms with Crippen molar-refractivity contribution in [3.05, 3.63) is 31.5 Å². The molecular formula is C10H8ClNO4. The molecule has 0 saturated heterocycles. The third-order valence-corrected chi connectivity index (χ3v) is 2.77. The average molecular weight is 242 g/mol. The number of nitrogens with one attached hydrogen (secondary N) is 1. The normalized spacial score (nSPS) is 18.9. The highest BCUT2D eigenvalue weighted by atomic mass is 35.5. The van der Waals surface area contributed by atoms with Crippen LogP contribution >= 0.6 is 11.6 Å². The number of hydrogen-bond acceptors (Lipinski definition) is 4. The number of H-pyrrole nitrogens is 1. The number of carbonyl (C=O) groups excluding carboxylic acids is 1. The van der Waals surface area contributed by atoms with Gasteiger partial charge in [0.25, 0.3) is 0 Å². The number of rotatable bonds is 1. The highest BCUT2D eigenvalue weighted by Gasteiger charge is 2.15. The van der Waals surface area contributed by atoms with Crippen LogP contribution in [-0.4, -0.2) is 10.2 Å². The summed E-state index contributed by atoms with van der Waals surface area (Å²) in [7, 11) is 0. The van der Waals surface area contributed by atoms with Gasteiger partial charge < -0.3 is 4.42 Å². The van der Waals surface area contributed by atoms with E-state index in [1.54, 1.807) is 12.2 Å². The average Bonchev–Trinajstić information content (AvgIpc) is 2.39.